The van der Waals surface area contributed by atoms with Crippen LogP contribution in [0.25, 0.3) is 0 Å². The lowest BCUT2D eigenvalue weighted by molar-refractivity contribution is -0.125. The van der Waals surface area contributed by atoms with Gasteiger partial charge in [-0.25, -0.2) is 0 Å². The molecule has 0 saturated carbocycles. The van der Waals surface area contributed by atoms with Gasteiger partial charge < -0.3 is 15.6 Å². The summed E-state index contributed by atoms with van der Waals surface area (Å²) < 4.78 is 5.16. The summed E-state index contributed by atoms with van der Waals surface area (Å²) in [6.45, 7) is 9.90. The fraction of sp³-hybridized carbons (Fsp3) is 0.750. The van der Waals surface area contributed by atoms with Crippen LogP contribution in [0.5, 0.6) is 0 Å². The first kappa shape index (κ1) is 17.9. The number of hydrogen-bond donors (Lipinski definition) is 2. The van der Waals surface area contributed by atoms with Gasteiger partial charge in [-0.1, -0.05) is 32.9 Å². The molecule has 0 radical (unpaired) electrons. The summed E-state index contributed by atoms with van der Waals surface area (Å²) in [5, 5.41) is 6.72. The van der Waals surface area contributed by atoms with E-state index in [4.69, 9.17) is 10.3 Å². The second-order valence-corrected chi connectivity index (χ2v) is 5.57. The maximum absolute atomic E-state index is 11.7. The van der Waals surface area contributed by atoms with Crippen LogP contribution in [0.2, 0.25) is 0 Å². The van der Waals surface area contributed by atoms with Gasteiger partial charge in [0.05, 0.1) is 0 Å². The number of carbonyl (C=O) groups is 1. The maximum Gasteiger partial charge on any atom is 0.248 e. The van der Waals surface area contributed by atoms with Crippen LogP contribution >= 0.6 is 12.4 Å². The molecule has 110 valence electrons. The third-order valence-corrected chi connectivity index (χ3v) is 2.64. The van der Waals surface area contributed by atoms with Crippen LogP contribution < -0.4 is 11.1 Å². The summed E-state index contributed by atoms with van der Waals surface area (Å²) in [6.07, 6.45) is 0. The lowest BCUT2D eigenvalue weighted by Crippen LogP contribution is -2.35. The summed E-state index contributed by atoms with van der Waals surface area (Å²) >= 11 is 0. The quantitative estimate of drug-likeness (QED) is 0.877. The van der Waals surface area contributed by atoms with Crippen molar-refractivity contribution in [2.45, 2.75) is 46.1 Å². The van der Waals surface area contributed by atoms with E-state index >= 15 is 0 Å². The average molecular weight is 291 g/mol. The van der Waals surface area contributed by atoms with Gasteiger partial charge in [0.2, 0.25) is 11.8 Å². The van der Waals surface area contributed by atoms with E-state index in [1.165, 1.54) is 0 Å². The standard InChI is InChI=1S/C12H22N4O2.ClH/c1-7(6-13)9(17)14-8(2)10-15-11(16-18-10)12(3,4)5;/h7-8H,6,13H2,1-5H3,(H,14,17);1H. The second-order valence-electron chi connectivity index (χ2n) is 5.57. The summed E-state index contributed by atoms with van der Waals surface area (Å²) in [4.78, 5) is 16.0. The Morgan fingerprint density at radius 2 is 2.00 bits per heavy atom. The highest BCUT2D eigenvalue weighted by molar-refractivity contribution is 5.85. The smallest absolute Gasteiger partial charge is 0.248 e. The predicted octanol–water partition coefficient (Wildman–Crippen LogP) is 1.56. The van der Waals surface area contributed by atoms with Crippen molar-refractivity contribution >= 4 is 18.3 Å². The molecule has 1 aromatic rings. The van der Waals surface area contributed by atoms with Gasteiger partial charge in [0.25, 0.3) is 0 Å². The number of nitrogens with two attached hydrogens (primary N) is 1. The zero-order valence-electron chi connectivity index (χ0n) is 12.1. The highest BCUT2D eigenvalue weighted by atomic mass is 35.5. The van der Waals surface area contributed by atoms with Gasteiger partial charge in [-0.15, -0.1) is 12.4 Å². The fourth-order valence-electron chi connectivity index (χ4n) is 1.24. The van der Waals surface area contributed by atoms with E-state index in [-0.39, 0.29) is 35.7 Å². The molecule has 2 atom stereocenters. The Morgan fingerprint density at radius 1 is 1.42 bits per heavy atom. The van der Waals surface area contributed by atoms with Gasteiger partial charge >= 0.3 is 0 Å². The molecule has 0 bridgehead atoms. The van der Waals surface area contributed by atoms with Crippen molar-refractivity contribution < 1.29 is 9.32 Å². The third-order valence-electron chi connectivity index (χ3n) is 2.64. The SMILES string of the molecule is CC(CN)C(=O)NC(C)c1nc(C(C)(C)C)no1.Cl. The average Bonchev–Trinajstić information content (AvgIpc) is 2.76. The largest absolute Gasteiger partial charge is 0.344 e. The van der Waals surface area contributed by atoms with Crippen LogP contribution in [-0.4, -0.2) is 22.6 Å². The number of hydrogen-bond acceptors (Lipinski definition) is 5. The summed E-state index contributed by atoms with van der Waals surface area (Å²) in [5.41, 5.74) is 5.27. The van der Waals surface area contributed by atoms with Crippen LogP contribution in [-0.2, 0) is 10.2 Å². The van der Waals surface area contributed by atoms with Crippen LogP contribution in [0.15, 0.2) is 4.52 Å². The zero-order chi connectivity index (χ0) is 13.9. The first-order valence-corrected chi connectivity index (χ1v) is 6.10. The van der Waals surface area contributed by atoms with Crippen LogP contribution in [0, 0.1) is 5.92 Å². The summed E-state index contributed by atoms with van der Waals surface area (Å²) in [6, 6.07) is -0.310. The molecule has 19 heavy (non-hydrogen) atoms. The molecule has 0 aliphatic heterocycles. The number of nitrogens with one attached hydrogen (secondary N) is 1. The molecule has 0 aliphatic rings. The van der Waals surface area contributed by atoms with Gasteiger partial charge in [-0.3, -0.25) is 4.79 Å². The molecule has 3 N–H and O–H groups in total. The van der Waals surface area contributed by atoms with Gasteiger partial charge in [0.1, 0.15) is 6.04 Å². The molecule has 0 aliphatic carbocycles. The van der Waals surface area contributed by atoms with E-state index in [1.54, 1.807) is 13.8 Å². The van der Waals surface area contributed by atoms with E-state index in [0.29, 0.717) is 18.3 Å². The molecule has 0 aromatic carbocycles. The Hall–Kier alpha value is -1.14. The van der Waals surface area contributed by atoms with E-state index < -0.39 is 0 Å². The fourth-order valence-corrected chi connectivity index (χ4v) is 1.24. The van der Waals surface area contributed by atoms with Gasteiger partial charge in [0, 0.05) is 17.9 Å². The maximum atomic E-state index is 11.7. The van der Waals surface area contributed by atoms with Crippen LogP contribution in [0.4, 0.5) is 0 Å². The molecule has 0 saturated heterocycles. The highest BCUT2D eigenvalue weighted by Gasteiger charge is 2.24. The number of carbonyl (C=O) groups excluding carboxylic acids is 1. The van der Waals surface area contributed by atoms with Crippen molar-refractivity contribution in [1.29, 1.82) is 0 Å². The zero-order valence-corrected chi connectivity index (χ0v) is 12.9. The third kappa shape index (κ3) is 4.80. The topological polar surface area (TPSA) is 94.0 Å². The number of halogens is 1. The van der Waals surface area contributed by atoms with E-state index in [0.717, 1.165) is 0 Å². The van der Waals surface area contributed by atoms with Crippen molar-refractivity contribution in [2.75, 3.05) is 6.54 Å². The molecule has 1 aromatic heterocycles. The molecule has 6 nitrogen and oxygen atoms in total. The first-order valence-electron chi connectivity index (χ1n) is 6.10. The molecular formula is C12H23ClN4O2. The minimum atomic E-state index is -0.310. The van der Waals surface area contributed by atoms with Gasteiger partial charge in [-0.05, 0) is 6.92 Å². The van der Waals surface area contributed by atoms with Crippen LogP contribution in [0.1, 0.15) is 52.4 Å². The molecule has 2 unspecified atom stereocenters. The second kappa shape index (κ2) is 6.86. The van der Waals surface area contributed by atoms with E-state index in [2.05, 4.69) is 15.5 Å². The summed E-state index contributed by atoms with van der Waals surface area (Å²) in [5.74, 6) is 0.709. The monoisotopic (exact) mass is 290 g/mol. The van der Waals surface area contributed by atoms with Crippen molar-refractivity contribution in [3.8, 4) is 0 Å². The van der Waals surface area contributed by atoms with E-state index in [1.807, 2.05) is 20.8 Å². The van der Waals surface area contributed by atoms with Crippen molar-refractivity contribution in [2.24, 2.45) is 11.7 Å². The Labute approximate surface area is 119 Å². The van der Waals surface area contributed by atoms with Crippen molar-refractivity contribution in [3.63, 3.8) is 0 Å². The molecular weight excluding hydrogens is 268 g/mol. The molecule has 1 amide bonds. The van der Waals surface area contributed by atoms with Crippen molar-refractivity contribution in [3.05, 3.63) is 11.7 Å². The molecule has 7 heteroatoms. The number of rotatable bonds is 4. The van der Waals surface area contributed by atoms with Gasteiger partial charge in [-0.2, -0.15) is 4.98 Å². The Morgan fingerprint density at radius 3 is 2.42 bits per heavy atom. The first-order chi connectivity index (χ1) is 8.25. The lowest BCUT2D eigenvalue weighted by atomic mass is 9.96. The predicted molar refractivity (Wildman–Crippen MR) is 75.0 cm³/mol. The summed E-state index contributed by atoms with van der Waals surface area (Å²) in [7, 11) is 0. The Balaban J connectivity index is 0.00000324. The van der Waals surface area contributed by atoms with Crippen molar-refractivity contribution in [1.82, 2.24) is 15.5 Å². The lowest BCUT2D eigenvalue weighted by Gasteiger charge is -2.13. The molecule has 0 fully saturated rings. The molecule has 1 heterocycles. The van der Waals surface area contributed by atoms with Gasteiger partial charge in [0.15, 0.2) is 5.82 Å². The molecule has 1 rings (SSSR count). The Kier molecular flexibility index (Phi) is 6.45. The van der Waals surface area contributed by atoms with E-state index in [9.17, 15) is 4.79 Å². The Bertz CT molecular complexity index is 414. The highest BCUT2D eigenvalue weighted by Crippen LogP contribution is 2.20. The normalized spacial score (nSPS) is 14.4. The number of amides is 1. The molecule has 0 spiro atoms. The minimum Gasteiger partial charge on any atom is -0.344 e. The number of nitrogens with zero attached hydrogens (tertiary/aromatic N) is 2. The van der Waals surface area contributed by atoms with Crippen LogP contribution in [0.3, 0.4) is 0 Å². The minimum absolute atomic E-state index is 0. The number of aromatic nitrogens is 2.